The van der Waals surface area contributed by atoms with Crippen LogP contribution < -0.4 is 5.32 Å². The van der Waals surface area contributed by atoms with Crippen molar-refractivity contribution in [2.24, 2.45) is 0 Å². The van der Waals surface area contributed by atoms with Gasteiger partial charge in [0.2, 0.25) is 11.8 Å². The van der Waals surface area contributed by atoms with Crippen LogP contribution in [0.15, 0.2) is 24.3 Å². The van der Waals surface area contributed by atoms with E-state index in [2.05, 4.69) is 5.32 Å². The Labute approximate surface area is 118 Å². The first-order chi connectivity index (χ1) is 9.32. The van der Waals surface area contributed by atoms with E-state index in [1.54, 1.807) is 30.9 Å². The molecule has 0 radical (unpaired) electrons. The first kappa shape index (κ1) is 14.4. The van der Waals surface area contributed by atoms with Crippen molar-refractivity contribution in [2.75, 3.05) is 13.1 Å². The van der Waals surface area contributed by atoms with Crippen LogP contribution in [0.4, 0.5) is 0 Å². The lowest BCUT2D eigenvalue weighted by Crippen LogP contribution is -2.64. The Morgan fingerprint density at radius 2 is 1.95 bits per heavy atom. The molecule has 1 aromatic rings. The van der Waals surface area contributed by atoms with E-state index in [-0.39, 0.29) is 30.7 Å². The van der Waals surface area contributed by atoms with Crippen LogP contribution in [0.25, 0.3) is 0 Å². The molecule has 5 nitrogen and oxygen atoms in total. The number of carbonyl (C=O) groups is 3. The van der Waals surface area contributed by atoms with E-state index in [1.165, 1.54) is 0 Å². The Hall–Kier alpha value is -2.01. The summed E-state index contributed by atoms with van der Waals surface area (Å²) in [6.45, 7) is 5.39. The Balaban J connectivity index is 2.20. The Bertz CT molecular complexity index is 578. The molecule has 0 unspecified atom stereocenters. The fraction of sp³-hybridized carbons (Fsp3) is 0.400. The number of aryl methyl sites for hydroxylation is 1. The van der Waals surface area contributed by atoms with Crippen molar-refractivity contribution < 1.29 is 14.4 Å². The first-order valence-electron chi connectivity index (χ1n) is 6.50. The van der Waals surface area contributed by atoms with E-state index in [1.807, 2.05) is 19.1 Å². The zero-order chi connectivity index (χ0) is 14.9. The van der Waals surface area contributed by atoms with Crippen LogP contribution in [0.3, 0.4) is 0 Å². The average molecular weight is 274 g/mol. The lowest BCUT2D eigenvalue weighted by atomic mass is 9.96. The number of rotatable bonds is 3. The molecule has 0 saturated carbocycles. The molecule has 0 aromatic heterocycles. The molecular formula is C15H18N2O3. The van der Waals surface area contributed by atoms with Crippen molar-refractivity contribution in [3.8, 4) is 0 Å². The lowest BCUT2D eigenvalue weighted by molar-refractivity contribution is -0.144. The summed E-state index contributed by atoms with van der Waals surface area (Å²) in [6.07, 6.45) is 0. The van der Waals surface area contributed by atoms with Crippen molar-refractivity contribution in [1.29, 1.82) is 0 Å². The van der Waals surface area contributed by atoms with E-state index >= 15 is 0 Å². The van der Waals surface area contributed by atoms with Gasteiger partial charge < -0.3 is 0 Å². The number of nitrogens with zero attached hydrogens (tertiary/aromatic N) is 1. The van der Waals surface area contributed by atoms with E-state index in [4.69, 9.17) is 0 Å². The van der Waals surface area contributed by atoms with E-state index in [9.17, 15) is 14.4 Å². The van der Waals surface area contributed by atoms with Gasteiger partial charge in [0.25, 0.3) is 0 Å². The average Bonchev–Trinajstić information content (AvgIpc) is 2.36. The molecule has 1 aliphatic rings. The zero-order valence-electron chi connectivity index (χ0n) is 11.9. The highest BCUT2D eigenvalue weighted by molar-refractivity contribution is 6.04. The van der Waals surface area contributed by atoms with Gasteiger partial charge >= 0.3 is 0 Å². The number of amides is 2. The van der Waals surface area contributed by atoms with Gasteiger partial charge in [0, 0.05) is 5.56 Å². The van der Waals surface area contributed by atoms with Gasteiger partial charge in [-0.3, -0.25) is 24.6 Å². The highest BCUT2D eigenvalue weighted by Gasteiger charge is 2.41. The lowest BCUT2D eigenvalue weighted by Gasteiger charge is -2.39. The number of carbonyl (C=O) groups excluding carboxylic acids is 3. The minimum absolute atomic E-state index is 0.0519. The quantitative estimate of drug-likeness (QED) is 0.657. The summed E-state index contributed by atoms with van der Waals surface area (Å²) < 4.78 is 0. The minimum atomic E-state index is -0.869. The predicted octanol–water partition coefficient (Wildman–Crippen LogP) is 0.915. The maximum atomic E-state index is 12.4. The van der Waals surface area contributed by atoms with E-state index in [0.29, 0.717) is 5.56 Å². The number of Topliss-reactive ketones (excluding diaryl/α,β-unsaturated/α-hetero) is 1. The van der Waals surface area contributed by atoms with Gasteiger partial charge in [-0.1, -0.05) is 24.3 Å². The molecule has 1 saturated heterocycles. The molecule has 0 atom stereocenters. The third-order valence-corrected chi connectivity index (χ3v) is 3.71. The molecular weight excluding hydrogens is 256 g/mol. The molecule has 1 aromatic carbocycles. The molecule has 1 N–H and O–H groups in total. The highest BCUT2D eigenvalue weighted by atomic mass is 16.2. The zero-order valence-corrected chi connectivity index (χ0v) is 11.9. The second-order valence-corrected chi connectivity index (χ2v) is 5.53. The molecule has 0 aliphatic carbocycles. The van der Waals surface area contributed by atoms with Crippen LogP contribution >= 0.6 is 0 Å². The Kier molecular flexibility index (Phi) is 3.72. The van der Waals surface area contributed by atoms with E-state index in [0.717, 1.165) is 5.56 Å². The minimum Gasteiger partial charge on any atom is -0.294 e. The van der Waals surface area contributed by atoms with Crippen LogP contribution in [0.5, 0.6) is 0 Å². The normalized spacial score (nSPS) is 18.8. The van der Waals surface area contributed by atoms with Crippen LogP contribution in [0, 0.1) is 6.92 Å². The van der Waals surface area contributed by atoms with Gasteiger partial charge in [-0.25, -0.2) is 0 Å². The summed E-state index contributed by atoms with van der Waals surface area (Å²) >= 11 is 0. The molecule has 106 valence electrons. The van der Waals surface area contributed by atoms with Gasteiger partial charge in [0.05, 0.1) is 18.6 Å². The number of piperazine rings is 1. The second-order valence-electron chi connectivity index (χ2n) is 5.53. The van der Waals surface area contributed by atoms with Crippen LogP contribution in [-0.4, -0.2) is 41.1 Å². The van der Waals surface area contributed by atoms with Crippen LogP contribution in [-0.2, 0) is 9.59 Å². The Morgan fingerprint density at radius 1 is 1.30 bits per heavy atom. The number of hydrogen-bond acceptors (Lipinski definition) is 4. The number of hydrogen-bond donors (Lipinski definition) is 1. The Morgan fingerprint density at radius 3 is 2.60 bits per heavy atom. The van der Waals surface area contributed by atoms with Gasteiger partial charge in [0.15, 0.2) is 5.78 Å². The van der Waals surface area contributed by atoms with E-state index < -0.39 is 5.54 Å². The van der Waals surface area contributed by atoms with Gasteiger partial charge in [-0.15, -0.1) is 0 Å². The van der Waals surface area contributed by atoms with Crippen molar-refractivity contribution in [3.63, 3.8) is 0 Å². The summed E-state index contributed by atoms with van der Waals surface area (Å²) in [6, 6.07) is 7.30. The van der Waals surface area contributed by atoms with Crippen molar-refractivity contribution in [1.82, 2.24) is 10.2 Å². The number of nitrogens with one attached hydrogen (secondary N) is 1. The maximum Gasteiger partial charge on any atom is 0.246 e. The molecule has 2 amide bonds. The smallest absolute Gasteiger partial charge is 0.246 e. The predicted molar refractivity (Wildman–Crippen MR) is 74.3 cm³/mol. The van der Waals surface area contributed by atoms with Crippen molar-refractivity contribution in [3.05, 3.63) is 35.4 Å². The number of ketones is 1. The first-order valence-corrected chi connectivity index (χ1v) is 6.50. The molecule has 20 heavy (non-hydrogen) atoms. The molecule has 2 rings (SSSR count). The number of benzene rings is 1. The fourth-order valence-corrected chi connectivity index (χ4v) is 2.23. The third kappa shape index (κ3) is 2.63. The summed E-state index contributed by atoms with van der Waals surface area (Å²) in [5, 5.41) is 2.29. The second kappa shape index (κ2) is 5.17. The highest BCUT2D eigenvalue weighted by Crippen LogP contribution is 2.19. The van der Waals surface area contributed by atoms with Crippen LogP contribution in [0.1, 0.15) is 29.8 Å². The van der Waals surface area contributed by atoms with Crippen molar-refractivity contribution >= 4 is 17.6 Å². The summed E-state index contributed by atoms with van der Waals surface area (Å²) in [5.41, 5.74) is 0.650. The standard InChI is InChI=1S/C15H18N2O3/c1-10-6-4-5-7-11(10)12(18)8-17-9-13(19)16-14(20)15(17,2)3/h4-7H,8-9H2,1-3H3,(H,16,19,20). The molecule has 5 heteroatoms. The van der Waals surface area contributed by atoms with Gasteiger partial charge in [-0.2, -0.15) is 0 Å². The SMILES string of the molecule is Cc1ccccc1C(=O)CN1CC(=O)NC(=O)C1(C)C. The summed E-state index contributed by atoms with van der Waals surface area (Å²) in [5.74, 6) is -0.822. The summed E-state index contributed by atoms with van der Waals surface area (Å²) in [7, 11) is 0. The number of imide groups is 1. The summed E-state index contributed by atoms with van der Waals surface area (Å²) in [4.78, 5) is 37.3. The fourth-order valence-electron chi connectivity index (χ4n) is 2.23. The monoisotopic (exact) mass is 274 g/mol. The van der Waals surface area contributed by atoms with Gasteiger partial charge in [-0.05, 0) is 26.3 Å². The van der Waals surface area contributed by atoms with Crippen LogP contribution in [0.2, 0.25) is 0 Å². The maximum absolute atomic E-state index is 12.4. The van der Waals surface area contributed by atoms with Crippen molar-refractivity contribution in [2.45, 2.75) is 26.3 Å². The topological polar surface area (TPSA) is 66.5 Å². The largest absolute Gasteiger partial charge is 0.294 e. The molecule has 1 heterocycles. The molecule has 0 spiro atoms. The molecule has 1 fully saturated rings. The third-order valence-electron chi connectivity index (χ3n) is 3.71. The molecule has 1 aliphatic heterocycles. The molecule has 0 bridgehead atoms. The van der Waals surface area contributed by atoms with Gasteiger partial charge in [0.1, 0.15) is 0 Å².